The Morgan fingerprint density at radius 3 is 2.69 bits per heavy atom. The minimum absolute atomic E-state index is 0.837. The first-order valence-electron chi connectivity index (χ1n) is 5.51. The summed E-state index contributed by atoms with van der Waals surface area (Å²) in [6, 6.07) is 0. The highest BCUT2D eigenvalue weighted by atomic mass is 14.2. The van der Waals surface area contributed by atoms with E-state index in [0.717, 1.165) is 5.92 Å². The second-order valence-electron chi connectivity index (χ2n) is 4.27. The molecular formula is C12H21B. The zero-order valence-electron chi connectivity index (χ0n) is 9.48. The van der Waals surface area contributed by atoms with Crippen molar-refractivity contribution in [2.45, 2.75) is 46.8 Å². The molecule has 0 saturated heterocycles. The normalized spacial score (nSPS) is 23.1. The molecule has 0 nitrogen and oxygen atoms in total. The summed E-state index contributed by atoms with van der Waals surface area (Å²) >= 11 is 0. The molecule has 0 aliphatic heterocycles. The van der Waals surface area contributed by atoms with Gasteiger partial charge < -0.3 is 0 Å². The Hall–Kier alpha value is -0.455. The van der Waals surface area contributed by atoms with E-state index in [9.17, 15) is 0 Å². The molecule has 0 N–H and O–H groups in total. The summed E-state index contributed by atoms with van der Waals surface area (Å²) in [5.74, 6) is 0.837. The molecule has 1 rings (SSSR count). The Labute approximate surface area is 83.4 Å². The first kappa shape index (κ1) is 10.6. The lowest BCUT2D eigenvalue weighted by Crippen LogP contribution is -2.10. The topological polar surface area (TPSA) is 0 Å². The van der Waals surface area contributed by atoms with Gasteiger partial charge in [0.05, 0.1) is 0 Å². The van der Waals surface area contributed by atoms with Crippen LogP contribution < -0.4 is 0 Å². The minimum Gasteiger partial charge on any atom is -0.0808 e. The van der Waals surface area contributed by atoms with Crippen molar-refractivity contribution in [3.05, 3.63) is 22.8 Å². The maximum atomic E-state index is 2.41. The molecule has 0 aromatic rings. The molecule has 0 amide bonds. The first-order valence-corrected chi connectivity index (χ1v) is 5.51. The molecule has 13 heavy (non-hydrogen) atoms. The predicted molar refractivity (Wildman–Crippen MR) is 62.7 cm³/mol. The monoisotopic (exact) mass is 176 g/mol. The Morgan fingerprint density at radius 2 is 2.08 bits per heavy atom. The number of hydrogen-bond donors (Lipinski definition) is 0. The van der Waals surface area contributed by atoms with E-state index in [1.54, 1.807) is 5.57 Å². The molecular weight excluding hydrogens is 155 g/mol. The Bertz CT molecular complexity index is 236. The molecule has 0 spiro atoms. The van der Waals surface area contributed by atoms with Crippen molar-refractivity contribution in [3.63, 3.8) is 0 Å². The highest BCUT2D eigenvalue weighted by Gasteiger charge is 2.16. The number of hydrogen-bond acceptors (Lipinski definition) is 0. The van der Waals surface area contributed by atoms with Gasteiger partial charge in [0.2, 0.25) is 0 Å². The predicted octanol–water partition coefficient (Wildman–Crippen LogP) is 3.58. The maximum Gasteiger partial charge on any atom is 0.121 e. The molecule has 1 aliphatic rings. The van der Waals surface area contributed by atoms with E-state index in [1.807, 2.05) is 0 Å². The summed E-state index contributed by atoms with van der Waals surface area (Å²) in [6.45, 7) is 9.08. The molecule has 1 aliphatic carbocycles. The number of rotatable bonds is 3. The second-order valence-corrected chi connectivity index (χ2v) is 4.27. The molecule has 0 saturated carbocycles. The van der Waals surface area contributed by atoms with Crippen molar-refractivity contribution >= 4 is 7.28 Å². The summed E-state index contributed by atoms with van der Waals surface area (Å²) in [6.07, 6.45) is 6.38. The Kier molecular flexibility index (Phi) is 3.83. The van der Waals surface area contributed by atoms with E-state index < -0.39 is 0 Å². The Morgan fingerprint density at radius 1 is 1.38 bits per heavy atom. The van der Waals surface area contributed by atoms with Crippen LogP contribution in [0.4, 0.5) is 0 Å². The molecule has 1 unspecified atom stereocenters. The van der Waals surface area contributed by atoms with Gasteiger partial charge in [-0.15, -0.1) is 0 Å². The van der Waals surface area contributed by atoms with Gasteiger partial charge in [0.1, 0.15) is 7.28 Å². The van der Waals surface area contributed by atoms with Crippen molar-refractivity contribution in [1.82, 2.24) is 0 Å². The minimum atomic E-state index is 0.837. The van der Waals surface area contributed by atoms with E-state index in [2.05, 4.69) is 33.8 Å². The Balaban J connectivity index is 2.63. The molecule has 0 fully saturated rings. The standard InChI is InChI=1S/C12H21B/c1-5-13-8-12-7-6-9(2)10(3)11(12)4/h6,12-13H,5,7-8H2,1-4H3. The lowest BCUT2D eigenvalue weighted by molar-refractivity contribution is 0.666. The van der Waals surface area contributed by atoms with Gasteiger partial charge in [-0.1, -0.05) is 36.8 Å². The van der Waals surface area contributed by atoms with Gasteiger partial charge in [0, 0.05) is 0 Å². The molecule has 0 heterocycles. The van der Waals surface area contributed by atoms with Crippen molar-refractivity contribution in [1.29, 1.82) is 0 Å². The molecule has 0 aromatic carbocycles. The summed E-state index contributed by atoms with van der Waals surface area (Å²) < 4.78 is 0. The maximum absolute atomic E-state index is 2.41. The lowest BCUT2D eigenvalue weighted by atomic mass is 9.64. The first-order chi connectivity index (χ1) is 6.16. The fourth-order valence-corrected chi connectivity index (χ4v) is 2.05. The lowest BCUT2D eigenvalue weighted by Gasteiger charge is -2.23. The van der Waals surface area contributed by atoms with Crippen LogP contribution in [0, 0.1) is 5.92 Å². The summed E-state index contributed by atoms with van der Waals surface area (Å²) in [5.41, 5.74) is 4.66. The summed E-state index contributed by atoms with van der Waals surface area (Å²) in [7, 11) is 1.38. The fourth-order valence-electron chi connectivity index (χ4n) is 2.05. The van der Waals surface area contributed by atoms with Crippen LogP contribution >= 0.6 is 0 Å². The largest absolute Gasteiger partial charge is 0.121 e. The van der Waals surface area contributed by atoms with E-state index in [4.69, 9.17) is 0 Å². The smallest absolute Gasteiger partial charge is 0.0808 e. The highest BCUT2D eigenvalue weighted by Crippen LogP contribution is 2.31. The van der Waals surface area contributed by atoms with E-state index >= 15 is 0 Å². The molecule has 0 radical (unpaired) electrons. The van der Waals surface area contributed by atoms with Crippen molar-refractivity contribution in [3.8, 4) is 0 Å². The molecule has 0 aromatic heterocycles. The summed E-state index contributed by atoms with van der Waals surface area (Å²) in [5, 5.41) is 0. The van der Waals surface area contributed by atoms with Crippen LogP contribution in [0.3, 0.4) is 0 Å². The van der Waals surface area contributed by atoms with E-state index in [1.165, 1.54) is 37.5 Å². The average Bonchev–Trinajstić information content (AvgIpc) is 2.13. The van der Waals surface area contributed by atoms with Crippen LogP contribution in [0.1, 0.15) is 34.1 Å². The molecule has 0 bridgehead atoms. The van der Waals surface area contributed by atoms with Gasteiger partial charge in [0.25, 0.3) is 0 Å². The fraction of sp³-hybridized carbons (Fsp3) is 0.667. The third-order valence-electron chi connectivity index (χ3n) is 3.41. The van der Waals surface area contributed by atoms with Crippen LogP contribution in [0.15, 0.2) is 22.8 Å². The van der Waals surface area contributed by atoms with Crippen molar-refractivity contribution < 1.29 is 0 Å². The van der Waals surface area contributed by atoms with Gasteiger partial charge in [0.15, 0.2) is 0 Å². The second kappa shape index (κ2) is 4.69. The quantitative estimate of drug-likeness (QED) is 0.576. The van der Waals surface area contributed by atoms with Gasteiger partial charge in [-0.3, -0.25) is 0 Å². The van der Waals surface area contributed by atoms with Crippen molar-refractivity contribution in [2.24, 2.45) is 5.92 Å². The van der Waals surface area contributed by atoms with E-state index in [0.29, 0.717) is 0 Å². The zero-order chi connectivity index (χ0) is 9.84. The van der Waals surface area contributed by atoms with Crippen LogP contribution in [0.2, 0.25) is 12.6 Å². The van der Waals surface area contributed by atoms with Crippen molar-refractivity contribution in [2.75, 3.05) is 0 Å². The van der Waals surface area contributed by atoms with E-state index in [-0.39, 0.29) is 0 Å². The molecule has 1 heteroatoms. The van der Waals surface area contributed by atoms with Gasteiger partial charge >= 0.3 is 0 Å². The van der Waals surface area contributed by atoms with Crippen LogP contribution in [-0.4, -0.2) is 7.28 Å². The third-order valence-corrected chi connectivity index (χ3v) is 3.41. The van der Waals surface area contributed by atoms with Gasteiger partial charge in [-0.25, -0.2) is 0 Å². The zero-order valence-corrected chi connectivity index (χ0v) is 9.48. The highest BCUT2D eigenvalue weighted by molar-refractivity contribution is 6.35. The average molecular weight is 176 g/mol. The van der Waals surface area contributed by atoms with Gasteiger partial charge in [-0.2, -0.15) is 0 Å². The summed E-state index contributed by atoms with van der Waals surface area (Å²) in [4.78, 5) is 0. The van der Waals surface area contributed by atoms with Gasteiger partial charge in [-0.05, 0) is 38.7 Å². The van der Waals surface area contributed by atoms with Crippen LogP contribution in [0.25, 0.3) is 0 Å². The van der Waals surface area contributed by atoms with Crippen LogP contribution in [0.5, 0.6) is 0 Å². The molecule has 1 atom stereocenters. The third kappa shape index (κ3) is 2.49. The molecule has 72 valence electrons. The SMILES string of the molecule is CCBCC1CC=C(C)C(C)=C1C. The van der Waals surface area contributed by atoms with Crippen LogP contribution in [-0.2, 0) is 0 Å². The number of allylic oxidation sites excluding steroid dienone is 4.